The van der Waals surface area contributed by atoms with Crippen LogP contribution < -0.4 is 10.1 Å². The van der Waals surface area contributed by atoms with Crippen molar-refractivity contribution in [1.82, 2.24) is 5.32 Å². The Hall–Kier alpha value is -2.86. The van der Waals surface area contributed by atoms with Gasteiger partial charge in [0.05, 0.1) is 6.10 Å². The molecule has 27 heavy (non-hydrogen) atoms. The number of esters is 1. The van der Waals surface area contributed by atoms with E-state index in [0.29, 0.717) is 21.9 Å². The van der Waals surface area contributed by atoms with Crippen LogP contribution >= 0.6 is 11.6 Å². The van der Waals surface area contributed by atoms with Gasteiger partial charge in [-0.15, -0.1) is 0 Å². The first-order valence-electron chi connectivity index (χ1n) is 8.34. The lowest BCUT2D eigenvalue weighted by Crippen LogP contribution is -2.31. The molecular weight excluding hydrogens is 370 g/mol. The maximum absolute atomic E-state index is 12.0. The van der Waals surface area contributed by atoms with Crippen LogP contribution in [0.2, 0.25) is 5.02 Å². The zero-order valence-electron chi connectivity index (χ0n) is 15.0. The molecule has 142 valence electrons. The quantitative estimate of drug-likeness (QED) is 0.553. The minimum atomic E-state index is -0.703. The molecule has 0 spiro atoms. The Balaban J connectivity index is 1.76. The third-order valence-electron chi connectivity index (χ3n) is 3.41. The maximum atomic E-state index is 12.0. The Bertz CT molecular complexity index is 800. The second-order valence-corrected chi connectivity index (χ2v) is 6.40. The summed E-state index contributed by atoms with van der Waals surface area (Å²) >= 11 is 5.75. The predicted octanol–water partition coefficient (Wildman–Crippen LogP) is 3.28. The van der Waals surface area contributed by atoms with Gasteiger partial charge >= 0.3 is 5.97 Å². The first-order chi connectivity index (χ1) is 12.8. The number of rotatable bonds is 8. The van der Waals surface area contributed by atoms with Crippen molar-refractivity contribution in [3.8, 4) is 5.75 Å². The summed E-state index contributed by atoms with van der Waals surface area (Å²) in [6.07, 6.45) is 0.0371. The molecule has 2 aromatic carbocycles. The van der Waals surface area contributed by atoms with E-state index in [-0.39, 0.29) is 18.4 Å². The standard InChI is InChI=1S/C20H20ClNO5/c1-13(2)27-17-9-5-15(6-10-17)20(25)22-11-19(24)26-12-18(23)14-3-7-16(21)8-4-14/h3-10,13H,11-12H2,1-2H3,(H,22,25). The van der Waals surface area contributed by atoms with Gasteiger partial charge in [0, 0.05) is 16.1 Å². The number of amides is 1. The van der Waals surface area contributed by atoms with Gasteiger partial charge in [0.25, 0.3) is 5.91 Å². The zero-order valence-corrected chi connectivity index (χ0v) is 15.8. The summed E-state index contributed by atoms with van der Waals surface area (Å²) in [6, 6.07) is 12.8. The molecule has 0 unspecified atom stereocenters. The third kappa shape index (κ3) is 6.75. The Morgan fingerprint density at radius 2 is 1.56 bits per heavy atom. The summed E-state index contributed by atoms with van der Waals surface area (Å²) in [5.41, 5.74) is 0.774. The van der Waals surface area contributed by atoms with Crippen LogP contribution in [-0.4, -0.2) is 36.9 Å². The van der Waals surface area contributed by atoms with Crippen LogP contribution in [0.4, 0.5) is 0 Å². The largest absolute Gasteiger partial charge is 0.491 e. The summed E-state index contributed by atoms with van der Waals surface area (Å²) < 4.78 is 10.4. The lowest BCUT2D eigenvalue weighted by Gasteiger charge is -2.10. The number of hydrogen-bond acceptors (Lipinski definition) is 5. The van der Waals surface area contributed by atoms with Crippen LogP contribution in [0.5, 0.6) is 5.75 Å². The number of carbonyl (C=O) groups excluding carboxylic acids is 3. The number of carbonyl (C=O) groups is 3. The number of hydrogen-bond donors (Lipinski definition) is 1. The Morgan fingerprint density at radius 3 is 2.15 bits per heavy atom. The van der Waals surface area contributed by atoms with Gasteiger partial charge in [-0.05, 0) is 62.4 Å². The van der Waals surface area contributed by atoms with Gasteiger partial charge in [-0.25, -0.2) is 0 Å². The number of ketones is 1. The molecule has 6 nitrogen and oxygen atoms in total. The van der Waals surface area contributed by atoms with Crippen molar-refractivity contribution in [2.75, 3.05) is 13.2 Å². The van der Waals surface area contributed by atoms with Crippen LogP contribution in [0.25, 0.3) is 0 Å². The van der Waals surface area contributed by atoms with Crippen molar-refractivity contribution in [3.05, 3.63) is 64.7 Å². The fraction of sp³-hybridized carbons (Fsp3) is 0.250. The number of benzene rings is 2. The lowest BCUT2D eigenvalue weighted by atomic mass is 10.1. The van der Waals surface area contributed by atoms with Gasteiger partial charge in [0.15, 0.2) is 12.4 Å². The van der Waals surface area contributed by atoms with E-state index in [9.17, 15) is 14.4 Å². The summed E-state index contributed by atoms with van der Waals surface area (Å²) in [5.74, 6) is -0.828. The summed E-state index contributed by atoms with van der Waals surface area (Å²) in [6.45, 7) is 3.07. The predicted molar refractivity (Wildman–Crippen MR) is 101 cm³/mol. The number of halogens is 1. The highest BCUT2D eigenvalue weighted by atomic mass is 35.5. The topological polar surface area (TPSA) is 81.7 Å². The zero-order chi connectivity index (χ0) is 19.8. The second-order valence-electron chi connectivity index (χ2n) is 5.96. The van der Waals surface area contributed by atoms with Crippen molar-refractivity contribution < 1.29 is 23.9 Å². The normalized spacial score (nSPS) is 10.4. The van der Waals surface area contributed by atoms with Gasteiger partial charge in [-0.2, -0.15) is 0 Å². The molecule has 0 aromatic heterocycles. The van der Waals surface area contributed by atoms with E-state index in [1.54, 1.807) is 48.5 Å². The smallest absolute Gasteiger partial charge is 0.325 e. The maximum Gasteiger partial charge on any atom is 0.325 e. The summed E-state index contributed by atoms with van der Waals surface area (Å²) in [7, 11) is 0. The number of Topliss-reactive ketones (excluding diaryl/α,β-unsaturated/α-hetero) is 1. The Kier molecular flexibility index (Phi) is 7.37. The third-order valence-corrected chi connectivity index (χ3v) is 3.66. The van der Waals surface area contributed by atoms with E-state index in [1.807, 2.05) is 13.8 Å². The molecular formula is C20H20ClNO5. The molecule has 0 aliphatic rings. The molecule has 0 bridgehead atoms. The van der Waals surface area contributed by atoms with Crippen molar-refractivity contribution in [2.45, 2.75) is 20.0 Å². The molecule has 7 heteroatoms. The molecule has 0 aliphatic heterocycles. The number of ether oxygens (including phenoxy) is 2. The van der Waals surface area contributed by atoms with E-state index in [4.69, 9.17) is 21.1 Å². The van der Waals surface area contributed by atoms with Crippen LogP contribution in [-0.2, 0) is 9.53 Å². The van der Waals surface area contributed by atoms with E-state index in [2.05, 4.69) is 5.32 Å². The minimum Gasteiger partial charge on any atom is -0.491 e. The molecule has 2 aromatic rings. The molecule has 0 fully saturated rings. The van der Waals surface area contributed by atoms with Crippen molar-refractivity contribution in [3.63, 3.8) is 0 Å². The van der Waals surface area contributed by atoms with Gasteiger partial charge < -0.3 is 14.8 Å². The average molecular weight is 390 g/mol. The highest BCUT2D eigenvalue weighted by Gasteiger charge is 2.12. The highest BCUT2D eigenvalue weighted by molar-refractivity contribution is 6.30. The fourth-order valence-corrected chi connectivity index (χ4v) is 2.25. The molecule has 0 saturated carbocycles. The highest BCUT2D eigenvalue weighted by Crippen LogP contribution is 2.14. The van der Waals surface area contributed by atoms with Crippen LogP contribution in [0.1, 0.15) is 34.6 Å². The first-order valence-corrected chi connectivity index (χ1v) is 8.72. The molecule has 0 saturated heterocycles. The van der Waals surface area contributed by atoms with Crippen molar-refractivity contribution >= 4 is 29.3 Å². The number of nitrogens with one attached hydrogen (secondary N) is 1. The summed E-state index contributed by atoms with van der Waals surface area (Å²) in [5, 5.41) is 2.96. The van der Waals surface area contributed by atoms with Gasteiger partial charge in [0.1, 0.15) is 12.3 Å². The molecule has 2 rings (SSSR count). The molecule has 0 aliphatic carbocycles. The molecule has 1 amide bonds. The van der Waals surface area contributed by atoms with E-state index < -0.39 is 18.5 Å². The van der Waals surface area contributed by atoms with Crippen LogP contribution in [0.15, 0.2) is 48.5 Å². The van der Waals surface area contributed by atoms with E-state index in [1.165, 1.54) is 0 Å². The molecule has 0 radical (unpaired) electrons. The minimum absolute atomic E-state index is 0.0371. The molecule has 1 N–H and O–H groups in total. The van der Waals surface area contributed by atoms with Gasteiger partial charge in [-0.1, -0.05) is 11.6 Å². The van der Waals surface area contributed by atoms with Crippen molar-refractivity contribution in [2.24, 2.45) is 0 Å². The monoisotopic (exact) mass is 389 g/mol. The van der Waals surface area contributed by atoms with Gasteiger partial charge in [0.2, 0.25) is 0 Å². The second kappa shape index (κ2) is 9.73. The van der Waals surface area contributed by atoms with Gasteiger partial charge in [-0.3, -0.25) is 14.4 Å². The van der Waals surface area contributed by atoms with Crippen molar-refractivity contribution in [1.29, 1.82) is 0 Å². The Labute approximate surface area is 162 Å². The molecule has 0 heterocycles. The summed E-state index contributed by atoms with van der Waals surface area (Å²) in [4.78, 5) is 35.7. The molecule has 0 atom stereocenters. The average Bonchev–Trinajstić information content (AvgIpc) is 2.65. The van der Waals surface area contributed by atoms with Crippen LogP contribution in [0, 0.1) is 0 Å². The lowest BCUT2D eigenvalue weighted by molar-refractivity contribution is -0.141. The SMILES string of the molecule is CC(C)Oc1ccc(C(=O)NCC(=O)OCC(=O)c2ccc(Cl)cc2)cc1. The van der Waals surface area contributed by atoms with E-state index in [0.717, 1.165) is 0 Å². The van der Waals surface area contributed by atoms with E-state index >= 15 is 0 Å². The van der Waals surface area contributed by atoms with Crippen LogP contribution in [0.3, 0.4) is 0 Å². The fourth-order valence-electron chi connectivity index (χ4n) is 2.13. The first kappa shape index (κ1) is 20.5. The Morgan fingerprint density at radius 1 is 0.963 bits per heavy atom.